The summed E-state index contributed by atoms with van der Waals surface area (Å²) < 4.78 is 12.5. The lowest BCUT2D eigenvalue weighted by Gasteiger charge is -2.31. The summed E-state index contributed by atoms with van der Waals surface area (Å²) in [5, 5.41) is 13.3. The summed E-state index contributed by atoms with van der Waals surface area (Å²) in [5.41, 5.74) is 2.35. The summed E-state index contributed by atoms with van der Waals surface area (Å²) in [6.45, 7) is 1.32. The summed E-state index contributed by atoms with van der Waals surface area (Å²) in [4.78, 5) is 29.9. The Morgan fingerprint density at radius 1 is 1.19 bits per heavy atom. The van der Waals surface area contributed by atoms with E-state index in [-0.39, 0.29) is 31.0 Å². The molecule has 2 aromatic heterocycles. The van der Waals surface area contributed by atoms with Crippen molar-refractivity contribution in [1.82, 2.24) is 25.2 Å². The Labute approximate surface area is 219 Å². The van der Waals surface area contributed by atoms with Crippen LogP contribution in [-0.2, 0) is 27.4 Å². The van der Waals surface area contributed by atoms with Gasteiger partial charge in [0.1, 0.15) is 23.9 Å². The zero-order valence-corrected chi connectivity index (χ0v) is 21.4. The van der Waals surface area contributed by atoms with Crippen molar-refractivity contribution >= 4 is 34.2 Å². The van der Waals surface area contributed by atoms with Gasteiger partial charge in [-0.15, -0.1) is 16.4 Å². The number of ether oxygens (including phenoxy) is 2. The zero-order chi connectivity index (χ0) is 25.6. The van der Waals surface area contributed by atoms with Gasteiger partial charge >= 0.3 is 0 Å². The number of carbonyl (C=O) groups is 2. The van der Waals surface area contributed by atoms with Crippen molar-refractivity contribution in [2.45, 2.75) is 38.1 Å². The van der Waals surface area contributed by atoms with Crippen LogP contribution in [0.3, 0.4) is 0 Å². The first-order chi connectivity index (χ1) is 18.1. The van der Waals surface area contributed by atoms with Crippen LogP contribution >= 0.6 is 11.3 Å². The number of carbonyl (C=O) groups excluding carboxylic acids is 2. The molecule has 0 aliphatic carbocycles. The minimum Gasteiger partial charge on any atom is -0.497 e. The molecule has 37 heavy (non-hydrogen) atoms. The Kier molecular flexibility index (Phi) is 7.76. The molecule has 0 bridgehead atoms. The third-order valence-electron chi connectivity index (χ3n) is 6.44. The van der Waals surface area contributed by atoms with E-state index in [9.17, 15) is 9.59 Å². The van der Waals surface area contributed by atoms with Crippen LogP contribution < -0.4 is 10.1 Å². The summed E-state index contributed by atoms with van der Waals surface area (Å²) >= 11 is 1.45. The predicted octanol–water partition coefficient (Wildman–Crippen LogP) is 3.57. The van der Waals surface area contributed by atoms with Gasteiger partial charge in [0.2, 0.25) is 11.8 Å². The topological polar surface area (TPSA) is 98.6 Å². The maximum Gasteiger partial charge on any atom is 0.248 e. The van der Waals surface area contributed by atoms with Gasteiger partial charge in [-0.3, -0.25) is 9.59 Å². The molecule has 1 aliphatic rings. The molecule has 2 aromatic carbocycles. The van der Waals surface area contributed by atoms with E-state index in [1.54, 1.807) is 16.7 Å². The quantitative estimate of drug-likeness (QED) is 0.344. The van der Waals surface area contributed by atoms with Crippen LogP contribution in [0.25, 0.3) is 11.0 Å². The van der Waals surface area contributed by atoms with Crippen molar-refractivity contribution < 1.29 is 19.1 Å². The van der Waals surface area contributed by atoms with Gasteiger partial charge in [-0.1, -0.05) is 35.5 Å². The van der Waals surface area contributed by atoms with Gasteiger partial charge < -0.3 is 19.7 Å². The average molecular weight is 520 g/mol. The molecular formula is C27H29N5O4S. The number of nitrogens with zero attached hydrogens (tertiary/aromatic N) is 4. The van der Waals surface area contributed by atoms with E-state index in [2.05, 4.69) is 15.6 Å². The minimum atomic E-state index is -0.800. The highest BCUT2D eigenvalue weighted by Gasteiger charge is 2.33. The number of hydrogen-bond donors (Lipinski definition) is 1. The lowest BCUT2D eigenvalue weighted by molar-refractivity contribution is -0.142. The highest BCUT2D eigenvalue weighted by atomic mass is 32.1. The molecule has 3 heterocycles. The summed E-state index contributed by atoms with van der Waals surface area (Å²) in [6, 6.07) is 18.0. The molecule has 2 atom stereocenters. The standard InChI is InChI=1S/C27H29N5O4S/c1-35-20-12-10-19(11-13-20)17-31(25(33)18-32-23-8-3-2-7-22(23)29-30-32)26(24-9-5-15-37-24)27(34)28-16-21-6-4-14-36-21/h2-3,5,7-13,15,21,26H,4,6,14,16-18H2,1H3,(H,28,34)/t21-,26+/m0/s1. The second-order valence-electron chi connectivity index (χ2n) is 8.90. The predicted molar refractivity (Wildman–Crippen MR) is 140 cm³/mol. The smallest absolute Gasteiger partial charge is 0.248 e. The van der Waals surface area contributed by atoms with E-state index in [1.807, 2.05) is 66.0 Å². The van der Waals surface area contributed by atoms with Crippen LogP contribution in [0.1, 0.15) is 29.3 Å². The van der Waals surface area contributed by atoms with Crippen LogP contribution in [0, 0.1) is 0 Å². The van der Waals surface area contributed by atoms with E-state index < -0.39 is 6.04 Å². The van der Waals surface area contributed by atoms with Crippen LogP contribution in [0.2, 0.25) is 0 Å². The van der Waals surface area contributed by atoms with Crippen molar-refractivity contribution in [3.8, 4) is 5.75 Å². The van der Waals surface area contributed by atoms with Crippen LogP contribution in [0.15, 0.2) is 66.0 Å². The highest BCUT2D eigenvalue weighted by Crippen LogP contribution is 2.29. The SMILES string of the molecule is COc1ccc(CN(C(=O)Cn2nnc3ccccc32)[C@@H](C(=O)NC[C@@H]2CCCO2)c2cccs2)cc1. The fourth-order valence-corrected chi connectivity index (χ4v) is 5.33. The molecule has 1 aliphatic heterocycles. The first kappa shape index (κ1) is 24.9. The Morgan fingerprint density at radius 2 is 2.03 bits per heavy atom. The van der Waals surface area contributed by atoms with Gasteiger partial charge in [-0.25, -0.2) is 4.68 Å². The van der Waals surface area contributed by atoms with E-state index >= 15 is 0 Å². The Balaban J connectivity index is 1.45. The largest absolute Gasteiger partial charge is 0.497 e. The number of methoxy groups -OCH3 is 1. The van der Waals surface area contributed by atoms with Gasteiger partial charge in [0, 0.05) is 24.6 Å². The Morgan fingerprint density at radius 3 is 2.76 bits per heavy atom. The number of aromatic nitrogens is 3. The number of rotatable bonds is 10. The molecule has 0 saturated carbocycles. The fraction of sp³-hybridized carbons (Fsp3) is 0.333. The van der Waals surface area contributed by atoms with Crippen LogP contribution in [-0.4, -0.2) is 58.1 Å². The lowest BCUT2D eigenvalue weighted by Crippen LogP contribution is -2.45. The van der Waals surface area contributed by atoms with Crippen molar-refractivity contribution in [2.75, 3.05) is 20.3 Å². The maximum atomic E-state index is 13.9. The second kappa shape index (κ2) is 11.5. The molecule has 1 saturated heterocycles. The molecule has 1 N–H and O–H groups in total. The molecule has 9 nitrogen and oxygen atoms in total. The highest BCUT2D eigenvalue weighted by molar-refractivity contribution is 7.10. The minimum absolute atomic E-state index is 0.000175. The van der Waals surface area contributed by atoms with Crippen molar-refractivity contribution in [1.29, 1.82) is 0 Å². The average Bonchev–Trinajstić information content (AvgIpc) is 3.71. The summed E-state index contributed by atoms with van der Waals surface area (Å²) in [6.07, 6.45) is 1.90. The number of nitrogens with one attached hydrogen (secondary N) is 1. The molecule has 0 radical (unpaired) electrons. The van der Waals surface area contributed by atoms with Crippen LogP contribution in [0.4, 0.5) is 0 Å². The monoisotopic (exact) mass is 519 g/mol. The number of thiophene rings is 1. The molecule has 4 aromatic rings. The second-order valence-corrected chi connectivity index (χ2v) is 9.88. The van der Waals surface area contributed by atoms with Gasteiger partial charge in [0.05, 0.1) is 18.7 Å². The normalized spacial score (nSPS) is 16.0. The summed E-state index contributed by atoms with van der Waals surface area (Å²) in [7, 11) is 1.61. The third kappa shape index (κ3) is 5.81. The van der Waals surface area contributed by atoms with E-state index in [1.165, 1.54) is 11.3 Å². The molecule has 1 fully saturated rings. The van der Waals surface area contributed by atoms with Crippen molar-refractivity contribution in [3.63, 3.8) is 0 Å². The van der Waals surface area contributed by atoms with Crippen LogP contribution in [0.5, 0.6) is 5.75 Å². The zero-order valence-electron chi connectivity index (χ0n) is 20.6. The molecule has 0 spiro atoms. The van der Waals surface area contributed by atoms with E-state index in [0.29, 0.717) is 18.7 Å². The van der Waals surface area contributed by atoms with Gasteiger partial charge in [-0.2, -0.15) is 0 Å². The number of amides is 2. The first-order valence-electron chi connectivity index (χ1n) is 12.3. The molecule has 5 rings (SSSR count). The first-order valence-corrected chi connectivity index (χ1v) is 13.1. The van der Waals surface area contributed by atoms with Crippen molar-refractivity contribution in [2.24, 2.45) is 0 Å². The lowest BCUT2D eigenvalue weighted by atomic mass is 10.1. The Hall–Kier alpha value is -3.76. The molecule has 0 unspecified atom stereocenters. The maximum absolute atomic E-state index is 13.9. The molecule has 2 amide bonds. The number of fused-ring (bicyclic) bond motifs is 1. The third-order valence-corrected chi connectivity index (χ3v) is 7.36. The number of hydrogen-bond acceptors (Lipinski definition) is 7. The van der Waals surface area contributed by atoms with Gasteiger partial charge in [0.15, 0.2) is 0 Å². The summed E-state index contributed by atoms with van der Waals surface area (Å²) in [5.74, 6) is 0.250. The molecule has 192 valence electrons. The number of para-hydroxylation sites is 1. The molecule has 10 heteroatoms. The molecular weight excluding hydrogens is 490 g/mol. The number of benzene rings is 2. The van der Waals surface area contributed by atoms with Gasteiger partial charge in [0.25, 0.3) is 0 Å². The van der Waals surface area contributed by atoms with Gasteiger partial charge in [-0.05, 0) is 54.1 Å². The fourth-order valence-electron chi connectivity index (χ4n) is 4.49. The van der Waals surface area contributed by atoms with Crippen molar-refractivity contribution in [3.05, 3.63) is 76.5 Å². The Bertz CT molecular complexity index is 1330. The van der Waals surface area contributed by atoms with E-state index in [4.69, 9.17) is 9.47 Å². The van der Waals surface area contributed by atoms with E-state index in [0.717, 1.165) is 34.5 Å².